The molecule has 1 atom stereocenters. The first kappa shape index (κ1) is 24.0. The highest BCUT2D eigenvalue weighted by molar-refractivity contribution is 7.92. The minimum absolute atomic E-state index is 0.0512. The molecule has 180 valence electrons. The molecule has 9 nitrogen and oxygen atoms in total. The molecule has 1 unspecified atom stereocenters. The van der Waals surface area contributed by atoms with E-state index >= 15 is 0 Å². The Bertz CT molecular complexity index is 1360. The molecule has 2 aromatic heterocycles. The van der Waals surface area contributed by atoms with Gasteiger partial charge in [-0.3, -0.25) is 9.82 Å². The van der Waals surface area contributed by atoms with Crippen LogP contribution in [0.2, 0.25) is 0 Å². The van der Waals surface area contributed by atoms with Gasteiger partial charge in [-0.05, 0) is 41.3 Å². The van der Waals surface area contributed by atoms with E-state index in [1.54, 1.807) is 12.5 Å². The number of benzene rings is 2. The lowest BCUT2D eigenvalue weighted by atomic mass is 10.1. The summed E-state index contributed by atoms with van der Waals surface area (Å²) in [6.07, 6.45) is -0.973. The SMILES string of the molecule is COc1n[nH]c2cc(OCCNCC(O)c3ccc(F)c(NS(=O)(=O)c4ccsc4)c3)ccc12. The number of H-pyrrole nitrogens is 1. The van der Waals surface area contributed by atoms with Crippen LogP contribution in [0.1, 0.15) is 11.7 Å². The van der Waals surface area contributed by atoms with Gasteiger partial charge in [0.1, 0.15) is 18.2 Å². The number of nitrogens with one attached hydrogen (secondary N) is 3. The van der Waals surface area contributed by atoms with E-state index in [2.05, 4.69) is 20.2 Å². The second-order valence-corrected chi connectivity index (χ2v) is 9.77. The molecule has 34 heavy (non-hydrogen) atoms. The summed E-state index contributed by atoms with van der Waals surface area (Å²) in [5, 5.41) is 24.4. The monoisotopic (exact) mass is 506 g/mol. The Kier molecular flexibility index (Phi) is 7.32. The molecule has 0 fully saturated rings. The third-order valence-electron chi connectivity index (χ3n) is 5.00. The third kappa shape index (κ3) is 5.47. The van der Waals surface area contributed by atoms with Gasteiger partial charge in [-0.15, -0.1) is 5.10 Å². The van der Waals surface area contributed by atoms with Crippen molar-refractivity contribution in [2.24, 2.45) is 0 Å². The summed E-state index contributed by atoms with van der Waals surface area (Å²) in [5.41, 5.74) is 0.938. The number of hydrogen-bond donors (Lipinski definition) is 4. The molecule has 0 amide bonds. The van der Waals surface area contributed by atoms with Crippen LogP contribution in [0.3, 0.4) is 0 Å². The van der Waals surface area contributed by atoms with Crippen molar-refractivity contribution in [3.63, 3.8) is 0 Å². The van der Waals surface area contributed by atoms with Crippen LogP contribution in [0.15, 0.2) is 58.1 Å². The Morgan fingerprint density at radius 2 is 2.09 bits per heavy atom. The highest BCUT2D eigenvalue weighted by atomic mass is 32.2. The van der Waals surface area contributed by atoms with E-state index in [9.17, 15) is 17.9 Å². The van der Waals surface area contributed by atoms with Crippen LogP contribution < -0.4 is 19.5 Å². The van der Waals surface area contributed by atoms with Gasteiger partial charge in [0.15, 0.2) is 0 Å². The van der Waals surface area contributed by atoms with Crippen LogP contribution in [0.4, 0.5) is 10.1 Å². The Labute approximate surface area is 199 Å². The smallest absolute Gasteiger partial charge is 0.262 e. The summed E-state index contributed by atoms with van der Waals surface area (Å²) in [6, 6.07) is 10.7. The predicted molar refractivity (Wildman–Crippen MR) is 127 cm³/mol. The van der Waals surface area contributed by atoms with Gasteiger partial charge in [0.2, 0.25) is 5.88 Å². The van der Waals surface area contributed by atoms with Gasteiger partial charge in [0.05, 0.1) is 34.7 Å². The number of rotatable bonds is 11. The number of hydrogen-bond acceptors (Lipinski definition) is 8. The minimum Gasteiger partial charge on any atom is -0.492 e. The molecular formula is C22H23FN4O5S2. The van der Waals surface area contributed by atoms with Crippen molar-refractivity contribution in [2.75, 3.05) is 31.5 Å². The van der Waals surface area contributed by atoms with Crippen LogP contribution >= 0.6 is 11.3 Å². The maximum Gasteiger partial charge on any atom is 0.262 e. The number of aromatic amines is 1. The number of aliphatic hydroxyl groups is 1. The summed E-state index contributed by atoms with van der Waals surface area (Å²) in [5.74, 6) is 0.436. The summed E-state index contributed by atoms with van der Waals surface area (Å²) in [6.45, 7) is 0.960. The Morgan fingerprint density at radius 3 is 2.85 bits per heavy atom. The number of thiophene rings is 1. The van der Waals surface area contributed by atoms with Crippen LogP contribution in [-0.4, -0.2) is 50.5 Å². The maximum atomic E-state index is 14.2. The van der Waals surface area contributed by atoms with E-state index in [0.717, 1.165) is 17.0 Å². The highest BCUT2D eigenvalue weighted by Gasteiger charge is 2.18. The van der Waals surface area contributed by atoms with Gasteiger partial charge in [0.25, 0.3) is 10.0 Å². The zero-order valence-corrected chi connectivity index (χ0v) is 19.7. The Balaban J connectivity index is 1.28. The van der Waals surface area contributed by atoms with Crippen molar-refractivity contribution in [1.29, 1.82) is 0 Å². The number of fused-ring (bicyclic) bond motifs is 1. The van der Waals surface area contributed by atoms with Crippen molar-refractivity contribution in [2.45, 2.75) is 11.0 Å². The van der Waals surface area contributed by atoms with Crippen LogP contribution in [0.25, 0.3) is 10.9 Å². The topological polar surface area (TPSA) is 126 Å². The van der Waals surface area contributed by atoms with E-state index in [0.29, 0.717) is 30.3 Å². The first-order valence-electron chi connectivity index (χ1n) is 10.3. The molecule has 0 radical (unpaired) electrons. The number of halogens is 1. The number of aromatic nitrogens is 2. The van der Waals surface area contributed by atoms with E-state index < -0.39 is 21.9 Å². The number of ether oxygens (including phenoxy) is 2. The molecular weight excluding hydrogens is 483 g/mol. The van der Waals surface area contributed by atoms with Crippen LogP contribution in [0, 0.1) is 5.82 Å². The number of aliphatic hydroxyl groups excluding tert-OH is 1. The van der Waals surface area contributed by atoms with Crippen LogP contribution in [0.5, 0.6) is 11.6 Å². The zero-order chi connectivity index (χ0) is 24.1. The lowest BCUT2D eigenvalue weighted by molar-refractivity contribution is 0.172. The van der Waals surface area contributed by atoms with E-state index in [1.807, 2.05) is 18.2 Å². The fourth-order valence-electron chi connectivity index (χ4n) is 3.25. The highest BCUT2D eigenvalue weighted by Crippen LogP contribution is 2.26. The number of anilines is 1. The normalized spacial score (nSPS) is 12.6. The molecule has 12 heteroatoms. The average molecular weight is 507 g/mol. The molecule has 0 spiro atoms. The molecule has 0 saturated carbocycles. The van der Waals surface area contributed by atoms with E-state index in [1.165, 1.54) is 34.9 Å². The minimum atomic E-state index is -3.91. The summed E-state index contributed by atoms with van der Waals surface area (Å²) >= 11 is 1.22. The summed E-state index contributed by atoms with van der Waals surface area (Å²) in [7, 11) is -2.35. The predicted octanol–water partition coefficient (Wildman–Crippen LogP) is 3.27. The van der Waals surface area contributed by atoms with Gasteiger partial charge in [0, 0.05) is 24.5 Å². The summed E-state index contributed by atoms with van der Waals surface area (Å²) < 4.78 is 52.0. The van der Waals surface area contributed by atoms with Gasteiger partial charge >= 0.3 is 0 Å². The molecule has 0 saturated heterocycles. The molecule has 0 aliphatic heterocycles. The van der Waals surface area contributed by atoms with Crippen molar-refractivity contribution in [3.05, 3.63) is 64.6 Å². The molecule has 0 bridgehead atoms. The van der Waals surface area contributed by atoms with Gasteiger partial charge in [-0.25, -0.2) is 12.8 Å². The lowest BCUT2D eigenvalue weighted by Crippen LogP contribution is -2.26. The Morgan fingerprint density at radius 1 is 1.24 bits per heavy atom. The standard InChI is InChI=1S/C22H23FN4O5S2/c1-31-22-17-4-3-15(11-19(17)25-26-22)32-8-7-24-12-21(28)14-2-5-18(23)20(10-14)27-34(29,30)16-6-9-33-13-16/h2-6,9-11,13,21,24,27-28H,7-8,12H2,1H3,(H,25,26). The van der Waals surface area contributed by atoms with Crippen molar-refractivity contribution < 1.29 is 27.4 Å². The van der Waals surface area contributed by atoms with Gasteiger partial charge in [-0.2, -0.15) is 11.3 Å². The molecule has 4 N–H and O–H groups in total. The van der Waals surface area contributed by atoms with Crippen LogP contribution in [-0.2, 0) is 10.0 Å². The average Bonchev–Trinajstić information content (AvgIpc) is 3.50. The lowest BCUT2D eigenvalue weighted by Gasteiger charge is -2.15. The van der Waals surface area contributed by atoms with Crippen molar-refractivity contribution >= 4 is 38.0 Å². The zero-order valence-electron chi connectivity index (χ0n) is 18.1. The van der Waals surface area contributed by atoms with E-state index in [4.69, 9.17) is 9.47 Å². The molecule has 0 aliphatic carbocycles. The van der Waals surface area contributed by atoms with Crippen molar-refractivity contribution in [3.8, 4) is 11.6 Å². The molecule has 4 rings (SSSR count). The largest absolute Gasteiger partial charge is 0.492 e. The number of sulfonamides is 1. The second-order valence-electron chi connectivity index (χ2n) is 7.31. The van der Waals surface area contributed by atoms with Crippen molar-refractivity contribution in [1.82, 2.24) is 15.5 Å². The molecule has 4 aromatic rings. The summed E-state index contributed by atoms with van der Waals surface area (Å²) in [4.78, 5) is 0.0512. The van der Waals surface area contributed by atoms with E-state index in [-0.39, 0.29) is 17.1 Å². The first-order valence-corrected chi connectivity index (χ1v) is 12.7. The van der Waals surface area contributed by atoms with Gasteiger partial charge < -0.3 is 19.9 Å². The molecule has 2 heterocycles. The third-order valence-corrected chi connectivity index (χ3v) is 7.20. The Hall–Kier alpha value is -3.19. The molecule has 2 aromatic carbocycles. The van der Waals surface area contributed by atoms with Gasteiger partial charge in [-0.1, -0.05) is 6.07 Å². The first-order chi connectivity index (χ1) is 16.4. The second kappa shape index (κ2) is 10.4. The number of nitrogens with zero attached hydrogens (tertiary/aromatic N) is 1. The fourth-order valence-corrected chi connectivity index (χ4v) is 5.34. The maximum absolute atomic E-state index is 14.2. The fraction of sp³-hybridized carbons (Fsp3) is 0.227. The number of methoxy groups -OCH3 is 1. The quantitative estimate of drug-likeness (QED) is 0.230. The molecule has 0 aliphatic rings.